The first kappa shape index (κ1) is 22.3. The summed E-state index contributed by atoms with van der Waals surface area (Å²) in [5.74, 6) is 0.707. The molecule has 0 bridgehead atoms. The number of aromatic amines is 1. The van der Waals surface area contributed by atoms with Gasteiger partial charge in [0.15, 0.2) is 0 Å². The second-order valence-electron chi connectivity index (χ2n) is 9.00. The number of nitrogens with zero attached hydrogens (tertiary/aromatic N) is 2. The van der Waals surface area contributed by atoms with Crippen LogP contribution in [0.4, 0.5) is 4.79 Å². The van der Waals surface area contributed by atoms with Crippen LogP contribution in [0.1, 0.15) is 32.2 Å². The van der Waals surface area contributed by atoms with Crippen molar-refractivity contribution >= 4 is 6.09 Å². The normalized spacial score (nSPS) is 11.2. The quantitative estimate of drug-likeness (QED) is 0.364. The molecule has 1 amide bonds. The number of H-pyrrole nitrogens is 1. The van der Waals surface area contributed by atoms with Crippen molar-refractivity contribution in [3.05, 3.63) is 103 Å². The summed E-state index contributed by atoms with van der Waals surface area (Å²) in [6.07, 6.45) is 1.51. The molecule has 33 heavy (non-hydrogen) atoms. The van der Waals surface area contributed by atoms with E-state index in [-0.39, 0.29) is 6.09 Å². The number of benzene rings is 3. The van der Waals surface area contributed by atoms with Crippen molar-refractivity contribution < 1.29 is 9.53 Å². The number of aromatic nitrogens is 2. The van der Waals surface area contributed by atoms with Gasteiger partial charge in [-0.3, -0.25) is 4.90 Å². The third kappa shape index (κ3) is 6.10. The number of amides is 1. The summed E-state index contributed by atoms with van der Waals surface area (Å²) in [7, 11) is 0. The molecule has 1 aromatic heterocycles. The van der Waals surface area contributed by atoms with E-state index in [1.165, 1.54) is 5.56 Å². The summed E-state index contributed by atoms with van der Waals surface area (Å²) >= 11 is 0. The summed E-state index contributed by atoms with van der Waals surface area (Å²) in [4.78, 5) is 22.5. The van der Waals surface area contributed by atoms with Crippen LogP contribution in [0.5, 0.6) is 0 Å². The summed E-state index contributed by atoms with van der Waals surface area (Å²) in [6, 6.07) is 28.5. The third-order valence-electron chi connectivity index (χ3n) is 5.13. The Morgan fingerprint density at radius 2 is 1.39 bits per heavy atom. The molecule has 0 radical (unpaired) electrons. The van der Waals surface area contributed by atoms with Crippen LogP contribution in [0, 0.1) is 0 Å². The number of ether oxygens (including phenoxy) is 1. The molecule has 0 aliphatic rings. The first-order valence-electron chi connectivity index (χ1n) is 11.1. The van der Waals surface area contributed by atoms with E-state index < -0.39 is 5.60 Å². The zero-order valence-electron chi connectivity index (χ0n) is 19.3. The molecule has 0 saturated carbocycles. The molecule has 168 valence electrons. The predicted molar refractivity (Wildman–Crippen MR) is 131 cm³/mol. The van der Waals surface area contributed by atoms with Gasteiger partial charge in [0.25, 0.3) is 0 Å². The zero-order valence-corrected chi connectivity index (χ0v) is 19.3. The van der Waals surface area contributed by atoms with Crippen molar-refractivity contribution in [2.75, 3.05) is 0 Å². The number of carbonyl (C=O) groups is 1. The van der Waals surface area contributed by atoms with Gasteiger partial charge in [-0.05, 0) is 37.5 Å². The Bertz CT molecular complexity index is 1180. The van der Waals surface area contributed by atoms with Crippen LogP contribution in [-0.4, -0.2) is 26.6 Å². The lowest BCUT2D eigenvalue weighted by Crippen LogP contribution is -2.36. The van der Waals surface area contributed by atoms with Crippen LogP contribution in [0.15, 0.2) is 91.1 Å². The largest absolute Gasteiger partial charge is 0.444 e. The monoisotopic (exact) mass is 439 g/mol. The molecule has 0 atom stereocenters. The van der Waals surface area contributed by atoms with Crippen molar-refractivity contribution in [2.45, 2.75) is 39.5 Å². The molecule has 0 fully saturated rings. The smallest absolute Gasteiger partial charge is 0.410 e. The van der Waals surface area contributed by atoms with Crippen molar-refractivity contribution in [2.24, 2.45) is 0 Å². The van der Waals surface area contributed by atoms with Crippen LogP contribution in [-0.2, 0) is 17.8 Å². The highest BCUT2D eigenvalue weighted by molar-refractivity contribution is 5.69. The fourth-order valence-corrected chi connectivity index (χ4v) is 3.55. The van der Waals surface area contributed by atoms with Gasteiger partial charge in [-0.2, -0.15) is 0 Å². The number of carbonyl (C=O) groups excluding carboxylic acids is 1. The van der Waals surface area contributed by atoms with Gasteiger partial charge in [0, 0.05) is 18.3 Å². The van der Waals surface area contributed by atoms with Crippen LogP contribution in [0.2, 0.25) is 0 Å². The Hall–Kier alpha value is -3.86. The molecule has 4 rings (SSSR count). The van der Waals surface area contributed by atoms with Crippen molar-refractivity contribution in [1.82, 2.24) is 14.9 Å². The molecule has 0 unspecified atom stereocenters. The zero-order chi connectivity index (χ0) is 23.3. The SMILES string of the molecule is CC(C)(C)OC(=O)N(Cc1ccccc1)Cc1nc(-c2ccc(-c3ccccc3)cc2)c[nH]1. The minimum atomic E-state index is -0.569. The first-order chi connectivity index (χ1) is 15.9. The van der Waals surface area contributed by atoms with Gasteiger partial charge in [0.2, 0.25) is 0 Å². The summed E-state index contributed by atoms with van der Waals surface area (Å²) in [6.45, 7) is 6.38. The molecule has 1 N–H and O–H groups in total. The molecular weight excluding hydrogens is 410 g/mol. The Labute approximate surface area is 195 Å². The van der Waals surface area contributed by atoms with Gasteiger partial charge in [0.1, 0.15) is 11.4 Å². The lowest BCUT2D eigenvalue weighted by molar-refractivity contribution is 0.0212. The van der Waals surface area contributed by atoms with E-state index in [4.69, 9.17) is 9.72 Å². The lowest BCUT2D eigenvalue weighted by atomic mass is 10.0. The molecule has 0 saturated heterocycles. The summed E-state index contributed by atoms with van der Waals surface area (Å²) in [5, 5.41) is 0. The summed E-state index contributed by atoms with van der Waals surface area (Å²) in [5.41, 5.74) is 4.67. The second kappa shape index (κ2) is 9.74. The van der Waals surface area contributed by atoms with Gasteiger partial charge >= 0.3 is 6.09 Å². The number of hydrogen-bond donors (Lipinski definition) is 1. The van der Waals surface area contributed by atoms with Gasteiger partial charge in [-0.15, -0.1) is 0 Å². The topological polar surface area (TPSA) is 58.2 Å². The van der Waals surface area contributed by atoms with E-state index in [2.05, 4.69) is 41.4 Å². The highest BCUT2D eigenvalue weighted by Crippen LogP contribution is 2.24. The maximum absolute atomic E-state index is 12.9. The van der Waals surface area contributed by atoms with Crippen LogP contribution >= 0.6 is 0 Å². The van der Waals surface area contributed by atoms with E-state index in [9.17, 15) is 4.79 Å². The molecule has 4 aromatic rings. The molecule has 5 heteroatoms. The highest BCUT2D eigenvalue weighted by Gasteiger charge is 2.23. The molecular formula is C28H29N3O2. The molecule has 3 aromatic carbocycles. The van der Waals surface area contributed by atoms with E-state index >= 15 is 0 Å². The third-order valence-corrected chi connectivity index (χ3v) is 5.13. The molecule has 5 nitrogen and oxygen atoms in total. The van der Waals surface area contributed by atoms with E-state index in [0.717, 1.165) is 22.4 Å². The Morgan fingerprint density at radius 1 is 0.818 bits per heavy atom. The van der Waals surface area contributed by atoms with Crippen molar-refractivity contribution in [1.29, 1.82) is 0 Å². The lowest BCUT2D eigenvalue weighted by Gasteiger charge is -2.27. The number of hydrogen-bond acceptors (Lipinski definition) is 3. The number of rotatable bonds is 6. The number of nitrogens with one attached hydrogen (secondary N) is 1. The standard InChI is InChI=1S/C28H29N3O2/c1-28(2,3)33-27(32)31(19-21-10-6-4-7-11-21)20-26-29-18-25(30-26)24-16-14-23(15-17-24)22-12-8-5-9-13-22/h4-18H,19-20H2,1-3H3,(H,29,30). The van der Waals surface area contributed by atoms with Gasteiger partial charge in [0.05, 0.1) is 12.2 Å². The van der Waals surface area contributed by atoms with E-state index in [1.807, 2.05) is 75.5 Å². The minimum absolute atomic E-state index is 0.325. The van der Waals surface area contributed by atoms with E-state index in [0.29, 0.717) is 18.9 Å². The van der Waals surface area contributed by atoms with Gasteiger partial charge in [-0.25, -0.2) is 9.78 Å². The predicted octanol–water partition coefficient (Wildman–Crippen LogP) is 6.68. The maximum atomic E-state index is 12.9. The van der Waals surface area contributed by atoms with Crippen LogP contribution < -0.4 is 0 Å². The first-order valence-corrected chi connectivity index (χ1v) is 11.1. The fraction of sp³-hybridized carbons (Fsp3) is 0.214. The highest BCUT2D eigenvalue weighted by atomic mass is 16.6. The maximum Gasteiger partial charge on any atom is 0.410 e. The average Bonchev–Trinajstić information content (AvgIpc) is 3.27. The second-order valence-corrected chi connectivity index (χ2v) is 9.00. The minimum Gasteiger partial charge on any atom is -0.444 e. The summed E-state index contributed by atoms with van der Waals surface area (Å²) < 4.78 is 5.64. The molecule has 0 aliphatic carbocycles. The van der Waals surface area contributed by atoms with E-state index in [1.54, 1.807) is 4.90 Å². The fourth-order valence-electron chi connectivity index (χ4n) is 3.55. The average molecular weight is 440 g/mol. The Balaban J connectivity index is 1.51. The van der Waals surface area contributed by atoms with Gasteiger partial charge in [-0.1, -0.05) is 84.9 Å². The van der Waals surface area contributed by atoms with Crippen LogP contribution in [0.25, 0.3) is 22.4 Å². The van der Waals surface area contributed by atoms with Gasteiger partial charge < -0.3 is 9.72 Å². The Kier molecular flexibility index (Phi) is 6.59. The molecule has 0 aliphatic heterocycles. The van der Waals surface area contributed by atoms with Crippen molar-refractivity contribution in [3.63, 3.8) is 0 Å². The van der Waals surface area contributed by atoms with Crippen molar-refractivity contribution in [3.8, 4) is 22.4 Å². The van der Waals surface area contributed by atoms with Crippen LogP contribution in [0.3, 0.4) is 0 Å². The number of imidazole rings is 1. The Morgan fingerprint density at radius 3 is 2.03 bits per heavy atom. The molecule has 1 heterocycles. The molecule has 0 spiro atoms.